The first-order valence-electron chi connectivity index (χ1n) is 7.83. The zero-order valence-electron chi connectivity index (χ0n) is 12.6. The molecule has 3 heteroatoms. The fourth-order valence-corrected chi connectivity index (χ4v) is 2.85. The molecule has 1 aliphatic heterocycles. The van der Waals surface area contributed by atoms with Gasteiger partial charge in [-0.15, -0.1) is 0 Å². The van der Waals surface area contributed by atoms with Gasteiger partial charge >= 0.3 is 0 Å². The highest BCUT2D eigenvalue weighted by molar-refractivity contribution is 4.75. The highest BCUT2D eigenvalue weighted by Gasteiger charge is 2.19. The first kappa shape index (κ1) is 15.9. The molecule has 1 heterocycles. The SMILES string of the molecule is CCNC(CCN(CC)CC)CC1CCOCC1. The Morgan fingerprint density at radius 1 is 1.17 bits per heavy atom. The number of hydrogen-bond acceptors (Lipinski definition) is 3. The third-order valence-corrected chi connectivity index (χ3v) is 4.14. The van der Waals surface area contributed by atoms with Crippen molar-refractivity contribution in [2.24, 2.45) is 5.92 Å². The molecule has 3 nitrogen and oxygen atoms in total. The van der Waals surface area contributed by atoms with Crippen LogP contribution >= 0.6 is 0 Å². The summed E-state index contributed by atoms with van der Waals surface area (Å²) in [6.07, 6.45) is 5.13. The van der Waals surface area contributed by atoms with Gasteiger partial charge in [0.25, 0.3) is 0 Å². The van der Waals surface area contributed by atoms with Crippen molar-refractivity contribution in [1.29, 1.82) is 0 Å². The van der Waals surface area contributed by atoms with Crippen molar-refractivity contribution in [2.45, 2.75) is 52.5 Å². The topological polar surface area (TPSA) is 24.5 Å². The Bertz CT molecular complexity index is 189. The molecule has 1 N–H and O–H groups in total. The average Bonchev–Trinajstić information content (AvgIpc) is 2.41. The molecule has 1 atom stereocenters. The molecule has 0 aromatic rings. The van der Waals surface area contributed by atoms with E-state index in [1.807, 2.05) is 0 Å². The molecule has 0 spiro atoms. The lowest BCUT2D eigenvalue weighted by molar-refractivity contribution is 0.0598. The monoisotopic (exact) mass is 256 g/mol. The first-order chi connectivity index (χ1) is 8.80. The fraction of sp³-hybridized carbons (Fsp3) is 1.00. The van der Waals surface area contributed by atoms with Gasteiger partial charge in [0.05, 0.1) is 0 Å². The van der Waals surface area contributed by atoms with Crippen LogP contribution in [0.25, 0.3) is 0 Å². The molecule has 0 aliphatic carbocycles. The normalized spacial score (nSPS) is 19.3. The molecule has 0 saturated carbocycles. The molecule has 0 radical (unpaired) electrons. The van der Waals surface area contributed by atoms with Crippen LogP contribution < -0.4 is 5.32 Å². The van der Waals surface area contributed by atoms with E-state index in [-0.39, 0.29) is 0 Å². The van der Waals surface area contributed by atoms with E-state index in [9.17, 15) is 0 Å². The molecule has 0 aromatic heterocycles. The Balaban J connectivity index is 2.28. The van der Waals surface area contributed by atoms with Crippen LogP contribution in [0, 0.1) is 5.92 Å². The number of rotatable bonds is 9. The first-order valence-corrected chi connectivity index (χ1v) is 7.83. The van der Waals surface area contributed by atoms with Crippen LogP contribution in [0.1, 0.15) is 46.5 Å². The molecule has 1 aliphatic rings. The van der Waals surface area contributed by atoms with Gasteiger partial charge < -0.3 is 15.0 Å². The fourth-order valence-electron chi connectivity index (χ4n) is 2.85. The molecule has 0 aromatic carbocycles. The predicted molar refractivity (Wildman–Crippen MR) is 78.0 cm³/mol. The standard InChI is InChI=1S/C15H32N2O/c1-4-16-15(7-10-17(5-2)6-3)13-14-8-11-18-12-9-14/h14-16H,4-13H2,1-3H3. The summed E-state index contributed by atoms with van der Waals surface area (Å²) in [5.74, 6) is 0.875. The third-order valence-electron chi connectivity index (χ3n) is 4.14. The van der Waals surface area contributed by atoms with Gasteiger partial charge in [-0.3, -0.25) is 0 Å². The summed E-state index contributed by atoms with van der Waals surface area (Å²) in [6.45, 7) is 13.3. The summed E-state index contributed by atoms with van der Waals surface area (Å²) < 4.78 is 5.45. The molecule has 1 unspecified atom stereocenters. The van der Waals surface area contributed by atoms with E-state index >= 15 is 0 Å². The predicted octanol–water partition coefficient (Wildman–Crippen LogP) is 2.51. The lowest BCUT2D eigenvalue weighted by Gasteiger charge is -2.28. The van der Waals surface area contributed by atoms with Crippen LogP contribution in [-0.4, -0.2) is 50.3 Å². The van der Waals surface area contributed by atoms with Crippen LogP contribution in [0.2, 0.25) is 0 Å². The van der Waals surface area contributed by atoms with Crippen LogP contribution in [0.3, 0.4) is 0 Å². The third kappa shape index (κ3) is 6.17. The maximum absolute atomic E-state index is 5.45. The van der Waals surface area contributed by atoms with Crippen molar-refractivity contribution in [3.63, 3.8) is 0 Å². The second-order valence-corrected chi connectivity index (χ2v) is 5.36. The maximum atomic E-state index is 5.45. The van der Waals surface area contributed by atoms with Crippen molar-refractivity contribution >= 4 is 0 Å². The second kappa shape index (κ2) is 9.76. The van der Waals surface area contributed by atoms with E-state index < -0.39 is 0 Å². The molecular formula is C15H32N2O. The Kier molecular flexibility index (Phi) is 8.64. The summed E-state index contributed by atoms with van der Waals surface area (Å²) in [5, 5.41) is 3.67. The second-order valence-electron chi connectivity index (χ2n) is 5.36. The Morgan fingerprint density at radius 2 is 1.83 bits per heavy atom. The van der Waals surface area contributed by atoms with E-state index in [2.05, 4.69) is 31.0 Å². The van der Waals surface area contributed by atoms with E-state index in [0.29, 0.717) is 6.04 Å². The molecule has 18 heavy (non-hydrogen) atoms. The van der Waals surface area contributed by atoms with Gasteiger partial charge in [-0.1, -0.05) is 20.8 Å². The van der Waals surface area contributed by atoms with Gasteiger partial charge in [0.1, 0.15) is 0 Å². The average molecular weight is 256 g/mol. The van der Waals surface area contributed by atoms with Crippen LogP contribution in [0.5, 0.6) is 0 Å². The summed E-state index contributed by atoms with van der Waals surface area (Å²) in [6, 6.07) is 0.693. The lowest BCUT2D eigenvalue weighted by Crippen LogP contribution is -2.36. The van der Waals surface area contributed by atoms with Crippen LogP contribution in [0.15, 0.2) is 0 Å². The molecule has 0 bridgehead atoms. The van der Waals surface area contributed by atoms with Gasteiger partial charge in [0.2, 0.25) is 0 Å². The van der Waals surface area contributed by atoms with E-state index in [1.54, 1.807) is 0 Å². The largest absolute Gasteiger partial charge is 0.381 e. The quantitative estimate of drug-likeness (QED) is 0.686. The maximum Gasteiger partial charge on any atom is 0.0468 e. The summed E-state index contributed by atoms with van der Waals surface area (Å²) in [7, 11) is 0. The number of nitrogens with one attached hydrogen (secondary N) is 1. The number of hydrogen-bond donors (Lipinski definition) is 1. The van der Waals surface area contributed by atoms with E-state index in [0.717, 1.165) is 25.7 Å². The van der Waals surface area contributed by atoms with Crippen LogP contribution in [0.4, 0.5) is 0 Å². The highest BCUT2D eigenvalue weighted by Crippen LogP contribution is 2.21. The zero-order valence-corrected chi connectivity index (χ0v) is 12.6. The lowest BCUT2D eigenvalue weighted by atomic mass is 9.91. The number of ether oxygens (including phenoxy) is 1. The van der Waals surface area contributed by atoms with Gasteiger partial charge in [0, 0.05) is 19.3 Å². The summed E-state index contributed by atoms with van der Waals surface area (Å²) in [4.78, 5) is 2.52. The Labute approximate surface area is 113 Å². The Morgan fingerprint density at radius 3 is 2.39 bits per heavy atom. The minimum absolute atomic E-state index is 0.693. The van der Waals surface area contributed by atoms with Crippen molar-refractivity contribution in [1.82, 2.24) is 10.2 Å². The van der Waals surface area contributed by atoms with Gasteiger partial charge in [-0.25, -0.2) is 0 Å². The van der Waals surface area contributed by atoms with Gasteiger partial charge in [-0.05, 0) is 57.8 Å². The van der Waals surface area contributed by atoms with Crippen LogP contribution in [-0.2, 0) is 4.74 Å². The number of nitrogens with zero attached hydrogens (tertiary/aromatic N) is 1. The minimum atomic E-state index is 0.693. The van der Waals surface area contributed by atoms with Crippen molar-refractivity contribution < 1.29 is 4.74 Å². The van der Waals surface area contributed by atoms with E-state index in [4.69, 9.17) is 4.74 Å². The summed E-state index contributed by atoms with van der Waals surface area (Å²) >= 11 is 0. The minimum Gasteiger partial charge on any atom is -0.381 e. The van der Waals surface area contributed by atoms with Crippen molar-refractivity contribution in [2.75, 3.05) is 39.4 Å². The molecule has 0 amide bonds. The van der Waals surface area contributed by atoms with E-state index in [1.165, 1.54) is 45.3 Å². The highest BCUT2D eigenvalue weighted by atomic mass is 16.5. The molecule has 1 saturated heterocycles. The molecular weight excluding hydrogens is 224 g/mol. The molecule has 1 fully saturated rings. The van der Waals surface area contributed by atoms with Crippen molar-refractivity contribution in [3.8, 4) is 0 Å². The Hall–Kier alpha value is -0.120. The summed E-state index contributed by atoms with van der Waals surface area (Å²) in [5.41, 5.74) is 0. The van der Waals surface area contributed by atoms with Crippen molar-refractivity contribution in [3.05, 3.63) is 0 Å². The molecule has 108 valence electrons. The van der Waals surface area contributed by atoms with Gasteiger partial charge in [-0.2, -0.15) is 0 Å². The zero-order chi connectivity index (χ0) is 13.2. The van der Waals surface area contributed by atoms with Gasteiger partial charge in [0.15, 0.2) is 0 Å². The smallest absolute Gasteiger partial charge is 0.0468 e. The molecule has 1 rings (SSSR count).